The van der Waals surface area contributed by atoms with Crippen molar-refractivity contribution in [2.45, 2.75) is 33.1 Å². The second-order valence-electron chi connectivity index (χ2n) is 6.07. The Bertz CT molecular complexity index is 761. The number of aryl methyl sites for hydroxylation is 3. The van der Waals surface area contributed by atoms with Crippen molar-refractivity contribution in [2.75, 3.05) is 13.1 Å². The van der Waals surface area contributed by atoms with E-state index >= 15 is 0 Å². The molecule has 3 heterocycles. The van der Waals surface area contributed by atoms with Crippen molar-refractivity contribution in [1.29, 1.82) is 0 Å². The quantitative estimate of drug-likeness (QED) is 0.849. The minimum Gasteiger partial charge on any atom is -0.369 e. The summed E-state index contributed by atoms with van der Waals surface area (Å²) >= 11 is 0. The fraction of sp³-hybridized carbons (Fsp3) is 0.533. The number of carbonyl (C=O) groups excluding carboxylic acids is 2. The number of aromatic nitrogens is 3. The summed E-state index contributed by atoms with van der Waals surface area (Å²) in [4.78, 5) is 30.1. The number of hydrogen-bond acceptors (Lipinski definition) is 7. The van der Waals surface area contributed by atoms with E-state index in [1.54, 1.807) is 25.7 Å². The maximum Gasteiger partial charge on any atom is 0.232 e. The van der Waals surface area contributed by atoms with Crippen molar-refractivity contribution in [3.63, 3.8) is 0 Å². The molecule has 0 saturated carbocycles. The molecule has 2 N–H and O–H groups in total. The molecule has 0 aromatic carbocycles. The summed E-state index contributed by atoms with van der Waals surface area (Å²) < 4.78 is 10.3. The maximum absolute atomic E-state index is 12.6. The summed E-state index contributed by atoms with van der Waals surface area (Å²) in [6, 6.07) is 0. The Kier molecular flexibility index (Phi) is 4.08. The van der Waals surface area contributed by atoms with Gasteiger partial charge in [0.15, 0.2) is 5.82 Å². The number of amides is 2. The third kappa shape index (κ3) is 2.89. The van der Waals surface area contributed by atoms with Crippen molar-refractivity contribution in [3.8, 4) is 0 Å². The molecule has 9 heteroatoms. The van der Waals surface area contributed by atoms with Crippen LogP contribution in [0.15, 0.2) is 9.05 Å². The van der Waals surface area contributed by atoms with Crippen molar-refractivity contribution in [3.05, 3.63) is 28.7 Å². The highest BCUT2D eigenvalue weighted by molar-refractivity contribution is 5.83. The van der Waals surface area contributed by atoms with Gasteiger partial charge in [-0.25, -0.2) is 0 Å². The van der Waals surface area contributed by atoms with Gasteiger partial charge >= 0.3 is 0 Å². The monoisotopic (exact) mass is 333 g/mol. The van der Waals surface area contributed by atoms with E-state index in [0.29, 0.717) is 29.7 Å². The first-order valence-corrected chi connectivity index (χ1v) is 7.66. The molecule has 24 heavy (non-hydrogen) atoms. The van der Waals surface area contributed by atoms with Crippen LogP contribution in [0.4, 0.5) is 0 Å². The van der Waals surface area contributed by atoms with E-state index in [4.69, 9.17) is 14.8 Å². The Morgan fingerprint density at radius 1 is 1.21 bits per heavy atom. The first kappa shape index (κ1) is 16.2. The highest BCUT2D eigenvalue weighted by Gasteiger charge is 2.42. The van der Waals surface area contributed by atoms with Crippen LogP contribution in [0.2, 0.25) is 0 Å². The van der Waals surface area contributed by atoms with Crippen LogP contribution in [-0.4, -0.2) is 45.1 Å². The van der Waals surface area contributed by atoms with Gasteiger partial charge in [-0.2, -0.15) is 4.98 Å². The van der Waals surface area contributed by atoms with Gasteiger partial charge in [0, 0.05) is 18.7 Å². The van der Waals surface area contributed by atoms with Gasteiger partial charge in [0.2, 0.25) is 17.7 Å². The summed E-state index contributed by atoms with van der Waals surface area (Å²) in [6.07, 6.45) is 0.169. The van der Waals surface area contributed by atoms with Gasteiger partial charge in [-0.15, -0.1) is 0 Å². The minimum atomic E-state index is -0.543. The third-order valence-electron chi connectivity index (χ3n) is 4.41. The Morgan fingerprint density at radius 2 is 1.96 bits per heavy atom. The lowest BCUT2D eigenvalue weighted by atomic mass is 9.95. The number of nitrogens with zero attached hydrogens (tertiary/aromatic N) is 4. The molecule has 0 aliphatic carbocycles. The lowest BCUT2D eigenvalue weighted by Crippen LogP contribution is -2.33. The highest BCUT2D eigenvalue weighted by atomic mass is 16.5. The van der Waals surface area contributed by atoms with E-state index in [1.807, 2.05) is 0 Å². The van der Waals surface area contributed by atoms with Crippen LogP contribution < -0.4 is 5.73 Å². The molecule has 1 saturated heterocycles. The second kappa shape index (κ2) is 6.06. The Labute approximate surface area is 138 Å². The molecule has 2 atom stereocenters. The molecule has 0 spiro atoms. The minimum absolute atomic E-state index is 0.116. The summed E-state index contributed by atoms with van der Waals surface area (Å²) in [7, 11) is 0. The van der Waals surface area contributed by atoms with E-state index in [-0.39, 0.29) is 24.8 Å². The van der Waals surface area contributed by atoms with Crippen molar-refractivity contribution < 1.29 is 18.6 Å². The molecule has 1 aliphatic rings. The fourth-order valence-electron chi connectivity index (χ4n) is 3.03. The number of hydrogen-bond donors (Lipinski definition) is 1. The van der Waals surface area contributed by atoms with Crippen LogP contribution in [0.1, 0.15) is 34.7 Å². The molecule has 2 amide bonds. The average Bonchev–Trinajstić information content (AvgIpc) is 3.21. The van der Waals surface area contributed by atoms with E-state index in [2.05, 4.69) is 15.3 Å². The Hall–Kier alpha value is -2.71. The smallest absolute Gasteiger partial charge is 0.232 e. The summed E-state index contributed by atoms with van der Waals surface area (Å²) in [6.45, 7) is 5.81. The van der Waals surface area contributed by atoms with E-state index < -0.39 is 11.8 Å². The zero-order valence-corrected chi connectivity index (χ0v) is 13.8. The van der Waals surface area contributed by atoms with Gasteiger partial charge in [-0.3, -0.25) is 9.59 Å². The fourth-order valence-corrected chi connectivity index (χ4v) is 3.03. The lowest BCUT2D eigenvalue weighted by molar-refractivity contribution is -0.129. The molecule has 128 valence electrons. The molecule has 9 nitrogen and oxygen atoms in total. The number of nitrogens with two attached hydrogens (primary N) is 1. The predicted molar refractivity (Wildman–Crippen MR) is 80.7 cm³/mol. The molecule has 0 bridgehead atoms. The molecule has 2 aromatic heterocycles. The van der Waals surface area contributed by atoms with Gasteiger partial charge in [-0.1, -0.05) is 10.3 Å². The lowest BCUT2D eigenvalue weighted by Gasteiger charge is -2.15. The van der Waals surface area contributed by atoms with Gasteiger partial charge < -0.3 is 19.7 Å². The summed E-state index contributed by atoms with van der Waals surface area (Å²) in [5, 5.41) is 7.60. The molecule has 1 aliphatic heterocycles. The van der Waals surface area contributed by atoms with Crippen LogP contribution in [0.5, 0.6) is 0 Å². The first-order valence-electron chi connectivity index (χ1n) is 7.66. The van der Waals surface area contributed by atoms with Crippen LogP contribution in [0, 0.1) is 26.7 Å². The number of carbonyl (C=O) groups is 2. The average molecular weight is 333 g/mol. The summed E-state index contributed by atoms with van der Waals surface area (Å²) in [5.41, 5.74) is 6.95. The zero-order valence-electron chi connectivity index (χ0n) is 13.8. The first-order chi connectivity index (χ1) is 11.4. The number of likely N-dealkylation sites (tertiary alicyclic amines) is 1. The molecular formula is C15H19N5O4. The van der Waals surface area contributed by atoms with Crippen molar-refractivity contribution in [2.24, 2.45) is 11.7 Å². The third-order valence-corrected chi connectivity index (χ3v) is 4.41. The number of rotatable bonds is 4. The standard InChI is InChI=1S/C15H19N5O4/c1-7-10(8(2)23-18-7)4-13(21)20-5-11(14(16)22)12(6-20)15-17-9(3)19-24-15/h11-12H,4-6H2,1-3H3,(H2,16,22). The second-order valence-corrected chi connectivity index (χ2v) is 6.07. The van der Waals surface area contributed by atoms with E-state index in [1.165, 1.54) is 0 Å². The maximum atomic E-state index is 12.6. The SMILES string of the molecule is Cc1noc(C2CN(C(=O)Cc3c(C)noc3C)CC2C(N)=O)n1. The van der Waals surface area contributed by atoms with E-state index in [0.717, 1.165) is 5.56 Å². The topological polar surface area (TPSA) is 128 Å². The Morgan fingerprint density at radius 3 is 2.50 bits per heavy atom. The van der Waals surface area contributed by atoms with Gasteiger partial charge in [0.05, 0.1) is 24.0 Å². The van der Waals surface area contributed by atoms with Crippen LogP contribution in [0.3, 0.4) is 0 Å². The predicted octanol–water partition coefficient (Wildman–Crippen LogP) is 0.253. The zero-order chi connectivity index (χ0) is 17.4. The van der Waals surface area contributed by atoms with Crippen molar-refractivity contribution >= 4 is 11.8 Å². The summed E-state index contributed by atoms with van der Waals surface area (Å²) in [5.74, 6) is -0.0816. The van der Waals surface area contributed by atoms with Gasteiger partial charge in [0.1, 0.15) is 5.76 Å². The molecule has 3 rings (SSSR count). The van der Waals surface area contributed by atoms with Crippen LogP contribution >= 0.6 is 0 Å². The normalized spacial score (nSPS) is 20.5. The molecule has 0 radical (unpaired) electrons. The highest BCUT2D eigenvalue weighted by Crippen LogP contribution is 2.32. The molecule has 2 unspecified atom stereocenters. The van der Waals surface area contributed by atoms with Crippen molar-refractivity contribution in [1.82, 2.24) is 20.2 Å². The van der Waals surface area contributed by atoms with Gasteiger partial charge in [0.25, 0.3) is 0 Å². The molecule has 2 aromatic rings. The molecular weight excluding hydrogens is 314 g/mol. The van der Waals surface area contributed by atoms with Gasteiger partial charge in [-0.05, 0) is 20.8 Å². The largest absolute Gasteiger partial charge is 0.369 e. The van der Waals surface area contributed by atoms with Crippen LogP contribution in [0.25, 0.3) is 0 Å². The Balaban J connectivity index is 1.77. The van der Waals surface area contributed by atoms with E-state index in [9.17, 15) is 9.59 Å². The number of primary amides is 1. The van der Waals surface area contributed by atoms with Crippen LogP contribution in [-0.2, 0) is 16.0 Å². The molecule has 1 fully saturated rings.